The number of nitrogens with one attached hydrogen (secondary N) is 1. The van der Waals surface area contributed by atoms with Gasteiger partial charge >= 0.3 is 0 Å². The number of ether oxygens (including phenoxy) is 2. The van der Waals surface area contributed by atoms with Crippen LogP contribution in [-0.2, 0) is 4.79 Å². The highest BCUT2D eigenvalue weighted by Crippen LogP contribution is 2.34. The van der Waals surface area contributed by atoms with E-state index in [1.165, 1.54) is 11.3 Å². The SMILES string of the molecule is COc1ccc(OCC(=O)Nc2c(C)cc3nc(N)sc3c2C)cc1. The fraction of sp³-hybridized carbons (Fsp3) is 0.222. The number of methoxy groups -OCH3 is 1. The summed E-state index contributed by atoms with van der Waals surface area (Å²) in [6.45, 7) is 3.81. The number of amides is 1. The van der Waals surface area contributed by atoms with Crippen molar-refractivity contribution in [1.29, 1.82) is 0 Å². The first kappa shape index (κ1) is 17.0. The van der Waals surface area contributed by atoms with Crippen LogP contribution in [0.2, 0.25) is 0 Å². The lowest BCUT2D eigenvalue weighted by Gasteiger charge is -2.13. The first-order valence-corrected chi connectivity index (χ1v) is 8.52. The van der Waals surface area contributed by atoms with Crippen LogP contribution in [0.1, 0.15) is 11.1 Å². The Kier molecular flexibility index (Phi) is 4.76. The van der Waals surface area contributed by atoms with Gasteiger partial charge in [-0.05, 0) is 55.3 Å². The lowest BCUT2D eigenvalue weighted by Crippen LogP contribution is -2.21. The molecule has 6 nitrogen and oxygen atoms in total. The van der Waals surface area contributed by atoms with Gasteiger partial charge in [0.05, 0.1) is 17.3 Å². The Morgan fingerprint density at radius 1 is 1.24 bits per heavy atom. The second-order valence-electron chi connectivity index (χ2n) is 5.61. The standard InChI is InChI=1S/C18H19N3O3S/c1-10-8-14-17(25-18(19)20-14)11(2)16(10)21-15(22)9-24-13-6-4-12(23-3)5-7-13/h4-8H,9H2,1-3H3,(H2,19,20)(H,21,22). The molecule has 0 fully saturated rings. The molecule has 130 valence electrons. The molecule has 3 aromatic rings. The zero-order valence-electron chi connectivity index (χ0n) is 14.3. The van der Waals surface area contributed by atoms with E-state index in [9.17, 15) is 4.79 Å². The van der Waals surface area contributed by atoms with Crippen molar-refractivity contribution in [3.63, 3.8) is 0 Å². The number of hydrogen-bond donors (Lipinski definition) is 2. The van der Waals surface area contributed by atoms with Gasteiger partial charge in [0, 0.05) is 5.69 Å². The number of anilines is 2. The summed E-state index contributed by atoms with van der Waals surface area (Å²) in [6, 6.07) is 9.01. The lowest BCUT2D eigenvalue weighted by atomic mass is 10.1. The molecule has 3 N–H and O–H groups in total. The third kappa shape index (κ3) is 3.66. The van der Waals surface area contributed by atoms with E-state index < -0.39 is 0 Å². The number of benzene rings is 2. The van der Waals surface area contributed by atoms with Crippen LogP contribution in [0.15, 0.2) is 30.3 Å². The van der Waals surface area contributed by atoms with Gasteiger partial charge in [-0.2, -0.15) is 0 Å². The Morgan fingerprint density at radius 2 is 1.92 bits per heavy atom. The molecule has 1 amide bonds. The van der Waals surface area contributed by atoms with Crippen molar-refractivity contribution in [1.82, 2.24) is 4.98 Å². The van der Waals surface area contributed by atoms with Crippen LogP contribution in [0.25, 0.3) is 10.2 Å². The Balaban J connectivity index is 1.71. The normalized spacial score (nSPS) is 10.7. The highest BCUT2D eigenvalue weighted by molar-refractivity contribution is 7.22. The van der Waals surface area contributed by atoms with E-state index in [0.29, 0.717) is 10.9 Å². The summed E-state index contributed by atoms with van der Waals surface area (Å²) < 4.78 is 11.6. The Morgan fingerprint density at radius 3 is 2.60 bits per heavy atom. The lowest BCUT2D eigenvalue weighted by molar-refractivity contribution is -0.118. The van der Waals surface area contributed by atoms with Gasteiger partial charge in [-0.15, -0.1) is 0 Å². The maximum Gasteiger partial charge on any atom is 0.262 e. The maximum atomic E-state index is 12.3. The van der Waals surface area contributed by atoms with Crippen molar-refractivity contribution >= 4 is 38.3 Å². The molecule has 0 aliphatic rings. The van der Waals surface area contributed by atoms with Gasteiger partial charge in [0.25, 0.3) is 5.91 Å². The molecule has 1 heterocycles. The summed E-state index contributed by atoms with van der Waals surface area (Å²) in [5.74, 6) is 1.12. The second-order valence-corrected chi connectivity index (χ2v) is 6.64. The van der Waals surface area contributed by atoms with Gasteiger partial charge in [0.2, 0.25) is 0 Å². The third-order valence-corrected chi connectivity index (χ3v) is 4.85. The maximum absolute atomic E-state index is 12.3. The summed E-state index contributed by atoms with van der Waals surface area (Å²) in [4.78, 5) is 16.6. The predicted molar refractivity (Wildman–Crippen MR) is 101 cm³/mol. The summed E-state index contributed by atoms with van der Waals surface area (Å²) >= 11 is 1.41. The van der Waals surface area contributed by atoms with Crippen LogP contribution in [0.4, 0.5) is 10.8 Å². The monoisotopic (exact) mass is 357 g/mol. The molecule has 25 heavy (non-hydrogen) atoms. The minimum absolute atomic E-state index is 0.0753. The first-order valence-electron chi connectivity index (χ1n) is 7.71. The summed E-state index contributed by atoms with van der Waals surface area (Å²) in [6.07, 6.45) is 0. The molecule has 0 aliphatic carbocycles. The predicted octanol–water partition coefficient (Wildman–Crippen LogP) is 3.52. The number of aryl methyl sites for hydroxylation is 2. The van der Waals surface area contributed by atoms with Gasteiger partial charge < -0.3 is 20.5 Å². The molecule has 7 heteroatoms. The number of nitrogens with two attached hydrogens (primary N) is 1. The van der Waals surface area contributed by atoms with E-state index in [4.69, 9.17) is 15.2 Å². The Hall–Kier alpha value is -2.80. The molecule has 0 saturated heterocycles. The topological polar surface area (TPSA) is 86.5 Å². The molecule has 0 saturated carbocycles. The first-order chi connectivity index (χ1) is 12.0. The number of hydrogen-bond acceptors (Lipinski definition) is 6. The van der Waals surface area contributed by atoms with Crippen LogP contribution in [0.3, 0.4) is 0 Å². The van der Waals surface area contributed by atoms with Crippen LogP contribution in [-0.4, -0.2) is 24.6 Å². The van der Waals surface area contributed by atoms with Gasteiger partial charge in [-0.1, -0.05) is 11.3 Å². The number of carbonyl (C=O) groups is 1. The Bertz CT molecular complexity index is 919. The minimum Gasteiger partial charge on any atom is -0.497 e. The van der Waals surface area contributed by atoms with E-state index in [2.05, 4.69) is 10.3 Å². The zero-order valence-corrected chi connectivity index (χ0v) is 15.1. The van der Waals surface area contributed by atoms with Crippen LogP contribution in [0, 0.1) is 13.8 Å². The van der Waals surface area contributed by atoms with Crippen LogP contribution in [0.5, 0.6) is 11.5 Å². The molecule has 0 bridgehead atoms. The van der Waals surface area contributed by atoms with E-state index in [1.807, 2.05) is 19.9 Å². The molecule has 0 radical (unpaired) electrons. The van der Waals surface area contributed by atoms with Gasteiger partial charge in [0.1, 0.15) is 11.5 Å². The van der Waals surface area contributed by atoms with Crippen LogP contribution >= 0.6 is 11.3 Å². The van der Waals surface area contributed by atoms with Crippen molar-refractivity contribution in [3.8, 4) is 11.5 Å². The van der Waals surface area contributed by atoms with Gasteiger partial charge in [0.15, 0.2) is 11.7 Å². The Labute approximate surface area is 149 Å². The largest absolute Gasteiger partial charge is 0.497 e. The van der Waals surface area contributed by atoms with Crippen molar-refractivity contribution in [2.75, 3.05) is 24.8 Å². The fourth-order valence-electron chi connectivity index (χ4n) is 2.59. The number of thiazole rings is 1. The summed E-state index contributed by atoms with van der Waals surface area (Å²) in [5.41, 5.74) is 9.31. The van der Waals surface area contributed by atoms with Crippen molar-refractivity contribution < 1.29 is 14.3 Å². The molecule has 2 aromatic carbocycles. The zero-order chi connectivity index (χ0) is 18.0. The average molecular weight is 357 g/mol. The molecular weight excluding hydrogens is 338 g/mol. The minimum atomic E-state index is -0.223. The quantitative estimate of drug-likeness (QED) is 0.729. The number of fused-ring (bicyclic) bond motifs is 1. The molecule has 1 aromatic heterocycles. The van der Waals surface area contributed by atoms with Gasteiger partial charge in [-0.3, -0.25) is 4.79 Å². The second kappa shape index (κ2) is 6.98. The van der Waals surface area contributed by atoms with Crippen molar-refractivity contribution in [2.45, 2.75) is 13.8 Å². The van der Waals surface area contributed by atoms with Gasteiger partial charge in [-0.25, -0.2) is 4.98 Å². The number of aromatic nitrogens is 1. The average Bonchev–Trinajstić information content (AvgIpc) is 2.97. The molecule has 0 aliphatic heterocycles. The van der Waals surface area contributed by atoms with E-state index in [0.717, 1.165) is 32.8 Å². The smallest absolute Gasteiger partial charge is 0.262 e. The highest BCUT2D eigenvalue weighted by Gasteiger charge is 2.14. The molecule has 3 rings (SSSR count). The molecule has 0 spiro atoms. The molecular formula is C18H19N3O3S. The summed E-state index contributed by atoms with van der Waals surface area (Å²) in [7, 11) is 1.60. The van der Waals surface area contributed by atoms with Crippen LogP contribution < -0.4 is 20.5 Å². The third-order valence-electron chi connectivity index (χ3n) is 3.83. The van der Waals surface area contributed by atoms with E-state index >= 15 is 0 Å². The number of rotatable bonds is 5. The van der Waals surface area contributed by atoms with E-state index in [1.54, 1.807) is 31.4 Å². The number of carbonyl (C=O) groups excluding carboxylic acids is 1. The van der Waals surface area contributed by atoms with Crippen molar-refractivity contribution in [2.24, 2.45) is 0 Å². The van der Waals surface area contributed by atoms with Crippen molar-refractivity contribution in [3.05, 3.63) is 41.5 Å². The highest BCUT2D eigenvalue weighted by atomic mass is 32.1. The summed E-state index contributed by atoms with van der Waals surface area (Å²) in [5, 5.41) is 3.44. The molecule has 0 atom stereocenters. The fourth-order valence-corrected chi connectivity index (χ4v) is 3.41. The van der Waals surface area contributed by atoms with E-state index in [-0.39, 0.29) is 12.5 Å². The number of nitrogen functional groups attached to an aromatic ring is 1. The number of nitrogens with zero attached hydrogens (tertiary/aromatic N) is 1. The molecule has 0 unspecified atom stereocenters.